The zero-order chi connectivity index (χ0) is 17.0. The zero-order valence-electron chi connectivity index (χ0n) is 14.3. The van der Waals surface area contributed by atoms with Gasteiger partial charge in [0, 0.05) is 35.6 Å². The normalized spacial score (nSPS) is 24.0. The number of benzene rings is 1. The van der Waals surface area contributed by atoms with Crippen LogP contribution >= 0.6 is 0 Å². The fourth-order valence-electron chi connectivity index (χ4n) is 3.58. The predicted octanol–water partition coefficient (Wildman–Crippen LogP) is 2.95. The van der Waals surface area contributed by atoms with Crippen LogP contribution in [-0.2, 0) is 6.42 Å². The van der Waals surface area contributed by atoms with Crippen LogP contribution in [0.2, 0.25) is 0 Å². The molecule has 1 saturated carbocycles. The van der Waals surface area contributed by atoms with E-state index in [4.69, 9.17) is 0 Å². The van der Waals surface area contributed by atoms with E-state index < -0.39 is 0 Å². The van der Waals surface area contributed by atoms with Gasteiger partial charge in [-0.05, 0) is 30.9 Å². The lowest BCUT2D eigenvalue weighted by atomic mass is 9.73. The van der Waals surface area contributed by atoms with E-state index in [0.29, 0.717) is 13.1 Å². The first-order valence-corrected chi connectivity index (χ1v) is 8.83. The number of hydrogen-bond acceptors (Lipinski definition) is 2. The molecular weight excluding hydrogens is 302 g/mol. The number of aliphatic hydroxyl groups is 1. The molecule has 0 aliphatic heterocycles. The molecule has 0 bridgehead atoms. The van der Waals surface area contributed by atoms with E-state index in [0.717, 1.165) is 37.6 Å². The number of H-pyrrole nitrogens is 1. The lowest BCUT2D eigenvalue weighted by Crippen LogP contribution is -2.47. The molecule has 1 aliphatic rings. The maximum atomic E-state index is 12.0. The Morgan fingerprint density at radius 2 is 2.17 bits per heavy atom. The standard InChI is InChI=1S/C19H27N3O2/c1-19(10-5-4-8-17(19)23)13-22-18(24)20-11-9-14-12-21-16-7-3-2-6-15(14)16/h2-3,6-7,12,17,21,23H,4-5,8-11,13H2,1H3,(H2,20,22,24). The molecule has 1 aromatic carbocycles. The van der Waals surface area contributed by atoms with Gasteiger partial charge in [0.05, 0.1) is 6.10 Å². The number of aromatic amines is 1. The lowest BCUT2D eigenvalue weighted by molar-refractivity contribution is 0.00310. The smallest absolute Gasteiger partial charge is 0.314 e. The molecule has 2 unspecified atom stereocenters. The second kappa shape index (κ2) is 7.26. The highest BCUT2D eigenvalue weighted by Gasteiger charge is 2.35. The molecule has 1 heterocycles. The van der Waals surface area contributed by atoms with Crippen molar-refractivity contribution in [2.24, 2.45) is 5.41 Å². The maximum absolute atomic E-state index is 12.0. The van der Waals surface area contributed by atoms with Crippen LogP contribution in [0.1, 0.15) is 38.2 Å². The average Bonchev–Trinajstić information content (AvgIpc) is 2.99. The number of nitrogens with one attached hydrogen (secondary N) is 3. The molecule has 2 amide bonds. The van der Waals surface area contributed by atoms with Gasteiger partial charge >= 0.3 is 6.03 Å². The van der Waals surface area contributed by atoms with Crippen LogP contribution in [0.15, 0.2) is 30.5 Å². The fraction of sp³-hybridized carbons (Fsp3) is 0.526. The minimum atomic E-state index is -0.322. The number of aliphatic hydroxyl groups excluding tert-OH is 1. The summed E-state index contributed by atoms with van der Waals surface area (Å²) >= 11 is 0. The summed E-state index contributed by atoms with van der Waals surface area (Å²) in [6, 6.07) is 8.01. The minimum absolute atomic E-state index is 0.158. The molecule has 1 aliphatic carbocycles. The third-order valence-electron chi connectivity index (χ3n) is 5.29. The average molecular weight is 329 g/mol. The van der Waals surface area contributed by atoms with Crippen LogP contribution < -0.4 is 10.6 Å². The van der Waals surface area contributed by atoms with E-state index in [9.17, 15) is 9.90 Å². The number of hydrogen-bond donors (Lipinski definition) is 4. The Morgan fingerprint density at radius 3 is 3.00 bits per heavy atom. The molecule has 0 radical (unpaired) electrons. The first kappa shape index (κ1) is 16.8. The monoisotopic (exact) mass is 329 g/mol. The molecule has 0 saturated heterocycles. The number of rotatable bonds is 5. The second-order valence-electron chi connectivity index (χ2n) is 7.13. The molecule has 1 aromatic heterocycles. The van der Waals surface area contributed by atoms with Crippen molar-refractivity contribution in [1.29, 1.82) is 0 Å². The molecule has 4 N–H and O–H groups in total. The van der Waals surface area contributed by atoms with Gasteiger partial charge in [-0.1, -0.05) is 38.0 Å². The number of urea groups is 1. The van der Waals surface area contributed by atoms with Crippen LogP contribution in [0, 0.1) is 5.41 Å². The summed E-state index contributed by atoms with van der Waals surface area (Å²) in [6.07, 6.45) is 6.47. The van der Waals surface area contributed by atoms with Gasteiger partial charge in [0.1, 0.15) is 0 Å². The number of para-hydroxylation sites is 1. The van der Waals surface area contributed by atoms with Gasteiger partial charge < -0.3 is 20.7 Å². The van der Waals surface area contributed by atoms with Crippen molar-refractivity contribution < 1.29 is 9.90 Å². The first-order valence-electron chi connectivity index (χ1n) is 8.83. The summed E-state index contributed by atoms with van der Waals surface area (Å²) in [5.74, 6) is 0. The van der Waals surface area contributed by atoms with Gasteiger partial charge in [-0.3, -0.25) is 0 Å². The molecule has 3 rings (SSSR count). The largest absolute Gasteiger partial charge is 0.392 e. The van der Waals surface area contributed by atoms with Crippen molar-refractivity contribution in [3.63, 3.8) is 0 Å². The van der Waals surface area contributed by atoms with E-state index in [1.165, 1.54) is 10.9 Å². The van der Waals surface area contributed by atoms with Gasteiger partial charge in [0.2, 0.25) is 0 Å². The van der Waals surface area contributed by atoms with Gasteiger partial charge in [-0.25, -0.2) is 4.79 Å². The predicted molar refractivity (Wildman–Crippen MR) is 96.0 cm³/mol. The third-order valence-corrected chi connectivity index (χ3v) is 5.29. The van der Waals surface area contributed by atoms with Crippen LogP contribution in [-0.4, -0.2) is 35.3 Å². The summed E-state index contributed by atoms with van der Waals surface area (Å²) in [7, 11) is 0. The Kier molecular flexibility index (Phi) is 5.09. The van der Waals surface area contributed by atoms with Crippen LogP contribution in [0.4, 0.5) is 4.79 Å². The minimum Gasteiger partial charge on any atom is -0.392 e. The number of carbonyl (C=O) groups excluding carboxylic acids is 1. The molecule has 0 spiro atoms. The molecular formula is C19H27N3O2. The topological polar surface area (TPSA) is 77.2 Å². The van der Waals surface area contributed by atoms with Gasteiger partial charge in [-0.15, -0.1) is 0 Å². The van der Waals surface area contributed by atoms with Crippen molar-refractivity contribution >= 4 is 16.9 Å². The second-order valence-corrected chi connectivity index (χ2v) is 7.13. The van der Waals surface area contributed by atoms with Crippen molar-refractivity contribution in [3.8, 4) is 0 Å². The maximum Gasteiger partial charge on any atom is 0.314 e. The highest BCUT2D eigenvalue weighted by Crippen LogP contribution is 2.35. The molecule has 5 heteroatoms. The van der Waals surface area contributed by atoms with Crippen molar-refractivity contribution in [2.75, 3.05) is 13.1 Å². The highest BCUT2D eigenvalue weighted by atomic mass is 16.3. The van der Waals surface area contributed by atoms with Crippen LogP contribution in [0.3, 0.4) is 0 Å². The van der Waals surface area contributed by atoms with E-state index in [1.807, 2.05) is 18.3 Å². The fourth-order valence-corrected chi connectivity index (χ4v) is 3.58. The number of carbonyl (C=O) groups is 1. The van der Waals surface area contributed by atoms with E-state index >= 15 is 0 Å². The molecule has 130 valence electrons. The quantitative estimate of drug-likeness (QED) is 0.681. The third kappa shape index (κ3) is 3.73. The molecule has 5 nitrogen and oxygen atoms in total. The SMILES string of the molecule is CC1(CNC(=O)NCCc2c[nH]c3ccccc23)CCCCC1O. The van der Waals surface area contributed by atoms with Gasteiger partial charge in [0.15, 0.2) is 0 Å². The molecule has 2 atom stereocenters. The van der Waals surface area contributed by atoms with Crippen LogP contribution in [0.25, 0.3) is 10.9 Å². The summed E-state index contributed by atoms with van der Waals surface area (Å²) in [4.78, 5) is 15.3. The summed E-state index contributed by atoms with van der Waals surface area (Å²) in [5, 5.41) is 17.2. The van der Waals surface area contributed by atoms with Crippen molar-refractivity contribution in [2.45, 2.75) is 45.1 Å². The molecule has 24 heavy (non-hydrogen) atoms. The highest BCUT2D eigenvalue weighted by molar-refractivity contribution is 5.83. The zero-order valence-corrected chi connectivity index (χ0v) is 14.3. The summed E-state index contributed by atoms with van der Waals surface area (Å²) in [5.41, 5.74) is 2.13. The Labute approximate surface area is 142 Å². The van der Waals surface area contributed by atoms with E-state index in [1.54, 1.807) is 0 Å². The number of aromatic nitrogens is 1. The Bertz CT molecular complexity index is 697. The van der Waals surface area contributed by atoms with E-state index in [2.05, 4.69) is 34.7 Å². The Hall–Kier alpha value is -2.01. The van der Waals surface area contributed by atoms with E-state index in [-0.39, 0.29) is 17.6 Å². The summed E-state index contributed by atoms with van der Waals surface area (Å²) in [6.45, 7) is 3.17. The summed E-state index contributed by atoms with van der Waals surface area (Å²) < 4.78 is 0. The van der Waals surface area contributed by atoms with Gasteiger partial charge in [0.25, 0.3) is 0 Å². The van der Waals surface area contributed by atoms with Crippen molar-refractivity contribution in [1.82, 2.24) is 15.6 Å². The lowest BCUT2D eigenvalue weighted by Gasteiger charge is -2.38. The number of amides is 2. The Balaban J connectivity index is 1.44. The molecule has 2 aromatic rings. The van der Waals surface area contributed by atoms with Crippen molar-refractivity contribution in [3.05, 3.63) is 36.0 Å². The van der Waals surface area contributed by atoms with Crippen LogP contribution in [0.5, 0.6) is 0 Å². The van der Waals surface area contributed by atoms with Gasteiger partial charge in [-0.2, -0.15) is 0 Å². The number of fused-ring (bicyclic) bond motifs is 1. The first-order chi connectivity index (χ1) is 11.6. The molecule has 1 fully saturated rings. The Morgan fingerprint density at radius 1 is 1.33 bits per heavy atom.